The molecule has 0 saturated carbocycles. The summed E-state index contributed by atoms with van der Waals surface area (Å²) < 4.78 is 45.3. The summed E-state index contributed by atoms with van der Waals surface area (Å²) in [7, 11) is 0. The number of halogens is 4. The number of primary amides is 1. The lowest BCUT2D eigenvalue weighted by Crippen LogP contribution is -2.21. The normalized spacial score (nSPS) is 10.6. The molecule has 2 rings (SSSR count). The number of rotatable bonds is 4. The molecule has 25 heavy (non-hydrogen) atoms. The number of hydrogen-bond acceptors (Lipinski definition) is 3. The van der Waals surface area contributed by atoms with E-state index in [1.165, 1.54) is 6.07 Å². The number of carboxylic acid groups (broad SMARTS) is 1. The van der Waals surface area contributed by atoms with Crippen LogP contribution in [0, 0.1) is 5.82 Å². The van der Waals surface area contributed by atoms with E-state index in [1.54, 1.807) is 30.5 Å². The molecule has 3 N–H and O–H groups in total. The minimum absolute atomic E-state index is 0.292. The molecule has 0 atom stereocenters. The van der Waals surface area contributed by atoms with Crippen LogP contribution in [-0.4, -0.2) is 28.1 Å². The molecule has 0 spiro atoms. The molecule has 9 heteroatoms. The van der Waals surface area contributed by atoms with E-state index < -0.39 is 12.1 Å². The van der Waals surface area contributed by atoms with Gasteiger partial charge in [-0.25, -0.2) is 9.18 Å². The van der Waals surface area contributed by atoms with E-state index in [0.717, 1.165) is 5.56 Å². The molecule has 2 aromatic rings. The average molecular weight is 358 g/mol. The van der Waals surface area contributed by atoms with Crippen LogP contribution in [0.25, 0.3) is 11.3 Å². The molecule has 0 aliphatic carbocycles. The molecule has 1 aromatic heterocycles. The van der Waals surface area contributed by atoms with E-state index >= 15 is 0 Å². The fraction of sp³-hybridized carbons (Fsp3) is 0.188. The van der Waals surface area contributed by atoms with Gasteiger partial charge in [-0.15, -0.1) is 0 Å². The maximum atomic E-state index is 13.5. The molecule has 0 unspecified atom stereocenters. The highest BCUT2D eigenvalue weighted by Crippen LogP contribution is 2.20. The van der Waals surface area contributed by atoms with Crippen LogP contribution in [-0.2, 0) is 16.0 Å². The van der Waals surface area contributed by atoms with Crippen LogP contribution >= 0.6 is 0 Å². The van der Waals surface area contributed by atoms with Crippen molar-refractivity contribution in [2.75, 3.05) is 0 Å². The summed E-state index contributed by atoms with van der Waals surface area (Å²) in [5.74, 6) is -3.39. The van der Waals surface area contributed by atoms with Crippen molar-refractivity contribution in [1.29, 1.82) is 0 Å². The molecule has 5 nitrogen and oxygen atoms in total. The quantitative estimate of drug-likeness (QED) is 0.822. The van der Waals surface area contributed by atoms with Crippen LogP contribution in [0.5, 0.6) is 0 Å². The molecule has 0 saturated heterocycles. The predicted molar refractivity (Wildman–Crippen MR) is 80.8 cm³/mol. The van der Waals surface area contributed by atoms with Crippen molar-refractivity contribution in [3.63, 3.8) is 0 Å². The monoisotopic (exact) mass is 358 g/mol. The zero-order chi connectivity index (χ0) is 19.0. The molecule has 134 valence electrons. The maximum absolute atomic E-state index is 13.5. The third kappa shape index (κ3) is 6.98. The Morgan fingerprint density at radius 3 is 2.16 bits per heavy atom. The lowest BCUT2D eigenvalue weighted by atomic mass is 10.1. The summed E-state index contributed by atoms with van der Waals surface area (Å²) in [5.41, 5.74) is 7.03. The number of alkyl halides is 3. The van der Waals surface area contributed by atoms with Crippen molar-refractivity contribution in [3.05, 3.63) is 54.0 Å². The molecular weight excluding hydrogens is 344 g/mol. The Bertz CT molecular complexity index is 731. The number of carbonyl (C=O) groups is 2. The van der Waals surface area contributed by atoms with Gasteiger partial charge in [0.15, 0.2) is 0 Å². The van der Waals surface area contributed by atoms with E-state index in [9.17, 15) is 22.4 Å². The van der Waals surface area contributed by atoms with Crippen molar-refractivity contribution in [2.24, 2.45) is 5.73 Å². The Balaban J connectivity index is 0.000000381. The second-order valence-electron chi connectivity index (χ2n) is 4.80. The van der Waals surface area contributed by atoms with Crippen molar-refractivity contribution in [2.45, 2.75) is 19.0 Å². The van der Waals surface area contributed by atoms with Gasteiger partial charge in [0.1, 0.15) is 5.82 Å². The standard InChI is InChI=1S/C14H13FN2O.C2HF3O2/c15-12-4-2-1-3-11(12)13-7-5-10(9-17-13)6-8-14(16)18;3-2(4,5)1(6)7/h1-5,7,9H,6,8H2,(H2,16,18);(H,6,7). The molecule has 1 aromatic carbocycles. The summed E-state index contributed by atoms with van der Waals surface area (Å²) >= 11 is 0. The van der Waals surface area contributed by atoms with Crippen LogP contribution in [0.4, 0.5) is 17.6 Å². The second kappa shape index (κ2) is 8.76. The van der Waals surface area contributed by atoms with Crippen molar-refractivity contribution < 1.29 is 32.3 Å². The first-order chi connectivity index (χ1) is 11.6. The lowest BCUT2D eigenvalue weighted by molar-refractivity contribution is -0.192. The highest BCUT2D eigenvalue weighted by atomic mass is 19.4. The number of aryl methyl sites for hydroxylation is 1. The van der Waals surface area contributed by atoms with Gasteiger partial charge in [0.2, 0.25) is 5.91 Å². The smallest absolute Gasteiger partial charge is 0.475 e. The fourth-order valence-corrected chi connectivity index (χ4v) is 1.67. The Labute approximate surface area is 140 Å². The summed E-state index contributed by atoms with van der Waals surface area (Å²) in [4.78, 5) is 23.7. The summed E-state index contributed by atoms with van der Waals surface area (Å²) in [6.07, 6.45) is -2.59. The molecule has 0 bridgehead atoms. The van der Waals surface area contributed by atoms with Gasteiger partial charge in [0.25, 0.3) is 0 Å². The topological polar surface area (TPSA) is 93.3 Å². The van der Waals surface area contributed by atoms with Gasteiger partial charge in [0.05, 0.1) is 5.69 Å². The van der Waals surface area contributed by atoms with Gasteiger partial charge in [-0.3, -0.25) is 9.78 Å². The van der Waals surface area contributed by atoms with Crippen LogP contribution in [0.15, 0.2) is 42.6 Å². The second-order valence-corrected chi connectivity index (χ2v) is 4.80. The Morgan fingerprint density at radius 1 is 1.12 bits per heavy atom. The highest BCUT2D eigenvalue weighted by Gasteiger charge is 2.38. The van der Waals surface area contributed by atoms with E-state index in [2.05, 4.69) is 4.98 Å². The lowest BCUT2D eigenvalue weighted by Gasteiger charge is -2.04. The SMILES string of the molecule is NC(=O)CCc1ccc(-c2ccccc2F)nc1.O=C(O)C(F)(F)F. The van der Waals surface area contributed by atoms with Crippen LogP contribution in [0.3, 0.4) is 0 Å². The number of nitrogens with zero attached hydrogens (tertiary/aromatic N) is 1. The average Bonchev–Trinajstić information content (AvgIpc) is 2.53. The Kier molecular flexibility index (Phi) is 7.04. The zero-order valence-corrected chi connectivity index (χ0v) is 12.8. The van der Waals surface area contributed by atoms with Crippen molar-refractivity contribution >= 4 is 11.9 Å². The van der Waals surface area contributed by atoms with Gasteiger partial charge < -0.3 is 10.8 Å². The third-order valence-corrected chi connectivity index (χ3v) is 2.88. The van der Waals surface area contributed by atoms with E-state index in [1.807, 2.05) is 6.07 Å². The molecular formula is C16H14F4N2O3. The largest absolute Gasteiger partial charge is 0.490 e. The molecule has 0 aliphatic rings. The summed E-state index contributed by atoms with van der Waals surface area (Å²) in [6, 6.07) is 10.1. The summed E-state index contributed by atoms with van der Waals surface area (Å²) in [6.45, 7) is 0. The predicted octanol–water partition coefficient (Wildman–Crippen LogP) is 2.94. The number of aliphatic carboxylic acids is 1. The van der Waals surface area contributed by atoms with Gasteiger partial charge in [-0.2, -0.15) is 13.2 Å². The fourth-order valence-electron chi connectivity index (χ4n) is 1.67. The first-order valence-electron chi connectivity index (χ1n) is 6.89. The molecule has 1 heterocycles. The molecule has 0 fully saturated rings. The van der Waals surface area contributed by atoms with Crippen molar-refractivity contribution in [3.8, 4) is 11.3 Å². The van der Waals surface area contributed by atoms with Crippen LogP contribution < -0.4 is 5.73 Å². The minimum Gasteiger partial charge on any atom is -0.475 e. The number of benzene rings is 1. The highest BCUT2D eigenvalue weighted by molar-refractivity contribution is 5.74. The maximum Gasteiger partial charge on any atom is 0.490 e. The number of amides is 1. The van der Waals surface area contributed by atoms with Gasteiger partial charge in [-0.1, -0.05) is 18.2 Å². The van der Waals surface area contributed by atoms with E-state index in [-0.39, 0.29) is 11.7 Å². The first kappa shape index (κ1) is 20.1. The molecule has 1 amide bonds. The van der Waals surface area contributed by atoms with Gasteiger partial charge in [-0.05, 0) is 30.2 Å². The number of carbonyl (C=O) groups excluding carboxylic acids is 1. The molecule has 0 radical (unpaired) electrons. The van der Waals surface area contributed by atoms with Gasteiger partial charge in [0, 0.05) is 18.2 Å². The summed E-state index contributed by atoms with van der Waals surface area (Å²) in [5, 5.41) is 7.12. The molecule has 0 aliphatic heterocycles. The minimum atomic E-state index is -5.08. The van der Waals surface area contributed by atoms with E-state index in [4.69, 9.17) is 15.6 Å². The van der Waals surface area contributed by atoms with Crippen LogP contribution in [0.1, 0.15) is 12.0 Å². The Morgan fingerprint density at radius 2 is 1.72 bits per heavy atom. The number of nitrogens with two attached hydrogens (primary N) is 1. The van der Waals surface area contributed by atoms with Crippen LogP contribution in [0.2, 0.25) is 0 Å². The number of pyridine rings is 1. The number of hydrogen-bond donors (Lipinski definition) is 2. The Hall–Kier alpha value is -2.97. The van der Waals surface area contributed by atoms with Crippen molar-refractivity contribution in [1.82, 2.24) is 4.98 Å². The first-order valence-corrected chi connectivity index (χ1v) is 6.89. The van der Waals surface area contributed by atoms with E-state index in [0.29, 0.717) is 24.1 Å². The van der Waals surface area contributed by atoms with Gasteiger partial charge >= 0.3 is 12.1 Å². The third-order valence-electron chi connectivity index (χ3n) is 2.88. The number of carboxylic acids is 1. The number of aromatic nitrogens is 1. The zero-order valence-electron chi connectivity index (χ0n) is 12.8.